The number of benzene rings is 1. The van der Waals surface area contributed by atoms with E-state index >= 15 is 0 Å². The molecule has 0 atom stereocenters. The van der Waals surface area contributed by atoms with Gasteiger partial charge in [-0.3, -0.25) is 10.1 Å². The first kappa shape index (κ1) is 13.9. The van der Waals surface area contributed by atoms with Gasteiger partial charge in [0.2, 0.25) is 0 Å². The number of nitrogens with two attached hydrogens (primary N) is 1. The molecule has 0 amide bonds. The summed E-state index contributed by atoms with van der Waals surface area (Å²) in [5.74, 6) is -2.10. The monoisotopic (exact) mass is 303 g/mol. The van der Waals surface area contributed by atoms with E-state index < -0.39 is 11.6 Å². The zero-order chi connectivity index (χ0) is 15.7. The summed E-state index contributed by atoms with van der Waals surface area (Å²) in [4.78, 5) is 0. The molecule has 0 spiro atoms. The molecule has 3 rings (SSSR count). The molecule has 3 aromatic rings. The lowest BCUT2D eigenvalue weighted by molar-refractivity contribution is 0.421. The minimum Gasteiger partial charge on any atom is -0.382 e. The normalized spacial score (nSPS) is 10.8. The fraction of sp³-hybridized carbons (Fsp3) is 0.0714. The summed E-state index contributed by atoms with van der Waals surface area (Å²) in [5.41, 5.74) is 6.72. The summed E-state index contributed by atoms with van der Waals surface area (Å²) < 4.78 is 33.3. The third-order valence-corrected chi connectivity index (χ3v) is 3.11. The molecular weight excluding hydrogens is 292 g/mol. The first-order chi connectivity index (χ1) is 10.6. The van der Waals surface area contributed by atoms with Crippen LogP contribution in [0.2, 0.25) is 0 Å². The number of hydrogen-bond donors (Lipinski definition) is 2. The van der Waals surface area contributed by atoms with Crippen molar-refractivity contribution in [1.82, 2.24) is 14.9 Å². The van der Waals surface area contributed by atoms with Crippen LogP contribution in [0, 0.1) is 17.0 Å². The van der Waals surface area contributed by atoms with Crippen molar-refractivity contribution in [2.45, 2.75) is 6.54 Å². The lowest BCUT2D eigenvalue weighted by atomic mass is 10.2. The molecule has 0 aliphatic heterocycles. The average molecular weight is 303 g/mol. The van der Waals surface area contributed by atoms with Crippen LogP contribution in [-0.2, 0) is 6.54 Å². The van der Waals surface area contributed by atoms with Gasteiger partial charge in [0.05, 0.1) is 12.2 Å². The summed E-state index contributed by atoms with van der Waals surface area (Å²) >= 11 is 0. The predicted octanol–water partition coefficient (Wildman–Crippen LogP) is 2.15. The quantitative estimate of drug-likeness (QED) is 0.570. The van der Waals surface area contributed by atoms with Crippen molar-refractivity contribution in [1.29, 1.82) is 5.41 Å². The summed E-state index contributed by atoms with van der Waals surface area (Å²) in [5, 5.41) is 15.4. The maximum atomic E-state index is 13.8. The molecule has 3 N–H and O–H groups in total. The van der Waals surface area contributed by atoms with Crippen LogP contribution < -0.4 is 5.73 Å². The molecule has 0 fully saturated rings. The van der Waals surface area contributed by atoms with Gasteiger partial charge in [-0.1, -0.05) is 17.3 Å². The Labute approximate surface area is 123 Å². The van der Waals surface area contributed by atoms with Gasteiger partial charge in [0.15, 0.2) is 11.6 Å². The van der Waals surface area contributed by atoms with Crippen molar-refractivity contribution in [3.05, 3.63) is 59.5 Å². The Hall–Kier alpha value is -3.03. The number of amidine groups is 1. The molecule has 1 aromatic carbocycles. The molecule has 8 heteroatoms. The topological polar surface area (TPSA) is 93.7 Å². The molecule has 0 radical (unpaired) electrons. The fourth-order valence-electron chi connectivity index (χ4n) is 2.05. The number of hydrogen-bond acceptors (Lipinski definition) is 4. The Morgan fingerprint density at radius 2 is 2.14 bits per heavy atom. The molecule has 0 aliphatic carbocycles. The van der Waals surface area contributed by atoms with Gasteiger partial charge < -0.3 is 10.3 Å². The highest BCUT2D eigenvalue weighted by Gasteiger charge is 2.16. The summed E-state index contributed by atoms with van der Waals surface area (Å²) in [6.45, 7) is -0.0287. The Morgan fingerprint density at radius 3 is 2.82 bits per heavy atom. The summed E-state index contributed by atoms with van der Waals surface area (Å²) in [6.07, 6.45) is 1.38. The van der Waals surface area contributed by atoms with Crippen LogP contribution in [-0.4, -0.2) is 20.8 Å². The number of rotatable bonds is 4. The smallest absolute Gasteiger partial charge is 0.163 e. The van der Waals surface area contributed by atoms with E-state index in [1.54, 1.807) is 6.07 Å². The minimum absolute atomic E-state index is 0.0287. The van der Waals surface area contributed by atoms with Crippen LogP contribution in [0.1, 0.15) is 11.3 Å². The fourth-order valence-corrected chi connectivity index (χ4v) is 2.05. The highest BCUT2D eigenvalue weighted by Crippen LogP contribution is 2.21. The third kappa shape index (κ3) is 2.46. The maximum absolute atomic E-state index is 13.8. The van der Waals surface area contributed by atoms with Crippen molar-refractivity contribution < 1.29 is 13.3 Å². The highest BCUT2D eigenvalue weighted by molar-refractivity contribution is 5.94. The maximum Gasteiger partial charge on any atom is 0.163 e. The molecular formula is C14H11F2N5O. The van der Waals surface area contributed by atoms with Crippen molar-refractivity contribution in [2.24, 2.45) is 5.73 Å². The predicted molar refractivity (Wildman–Crippen MR) is 74.2 cm³/mol. The van der Waals surface area contributed by atoms with E-state index in [0.29, 0.717) is 11.4 Å². The number of nitrogen functional groups attached to an aromatic ring is 1. The van der Waals surface area contributed by atoms with Crippen molar-refractivity contribution in [3.8, 4) is 11.4 Å². The van der Waals surface area contributed by atoms with E-state index in [1.807, 2.05) is 0 Å². The van der Waals surface area contributed by atoms with Crippen LogP contribution >= 0.6 is 0 Å². The molecule has 22 heavy (non-hydrogen) atoms. The molecule has 2 heterocycles. The van der Waals surface area contributed by atoms with E-state index in [-0.39, 0.29) is 23.6 Å². The van der Waals surface area contributed by atoms with Gasteiger partial charge in [-0.25, -0.2) is 8.78 Å². The largest absolute Gasteiger partial charge is 0.382 e. The molecule has 112 valence electrons. The van der Waals surface area contributed by atoms with Crippen LogP contribution in [0.4, 0.5) is 8.78 Å². The zero-order valence-electron chi connectivity index (χ0n) is 11.3. The van der Waals surface area contributed by atoms with Gasteiger partial charge in [-0.15, -0.1) is 0 Å². The molecule has 0 unspecified atom stereocenters. The van der Waals surface area contributed by atoms with Crippen LogP contribution in [0.25, 0.3) is 11.4 Å². The first-order valence-electron chi connectivity index (χ1n) is 6.32. The molecule has 2 aromatic heterocycles. The van der Waals surface area contributed by atoms with E-state index in [9.17, 15) is 8.78 Å². The van der Waals surface area contributed by atoms with Gasteiger partial charge in [0.25, 0.3) is 0 Å². The number of aromatic nitrogens is 3. The minimum atomic E-state index is -0.937. The Bertz CT molecular complexity index is 826. The number of nitrogens with zero attached hydrogens (tertiary/aromatic N) is 3. The second kappa shape index (κ2) is 5.40. The van der Waals surface area contributed by atoms with E-state index in [4.69, 9.17) is 15.7 Å². The molecule has 0 bridgehead atoms. The number of nitrogens with one attached hydrogen (secondary N) is 1. The van der Waals surface area contributed by atoms with Crippen molar-refractivity contribution >= 4 is 5.84 Å². The SMILES string of the molecule is N=C(N)c1cc(-c2ccon2)n(Cc2cccc(F)c2F)n1. The lowest BCUT2D eigenvalue weighted by Crippen LogP contribution is -2.13. The van der Waals surface area contributed by atoms with Crippen molar-refractivity contribution in [3.63, 3.8) is 0 Å². The Balaban J connectivity index is 2.06. The first-order valence-corrected chi connectivity index (χ1v) is 6.32. The summed E-state index contributed by atoms with van der Waals surface area (Å²) in [6, 6.07) is 7.05. The Kier molecular flexibility index (Phi) is 3.42. The number of halogens is 2. The van der Waals surface area contributed by atoms with E-state index in [1.165, 1.54) is 29.1 Å². The molecule has 0 aliphatic rings. The van der Waals surface area contributed by atoms with Gasteiger partial charge in [0.1, 0.15) is 23.5 Å². The van der Waals surface area contributed by atoms with Crippen LogP contribution in [0.3, 0.4) is 0 Å². The second-order valence-corrected chi connectivity index (χ2v) is 4.58. The highest BCUT2D eigenvalue weighted by atomic mass is 19.2. The van der Waals surface area contributed by atoms with Crippen LogP contribution in [0.15, 0.2) is 41.1 Å². The summed E-state index contributed by atoms with van der Waals surface area (Å²) in [7, 11) is 0. The van der Waals surface area contributed by atoms with Gasteiger partial charge in [-0.05, 0) is 12.1 Å². The lowest BCUT2D eigenvalue weighted by Gasteiger charge is -2.07. The van der Waals surface area contributed by atoms with E-state index in [2.05, 4.69) is 10.3 Å². The van der Waals surface area contributed by atoms with Gasteiger partial charge in [0, 0.05) is 11.6 Å². The van der Waals surface area contributed by atoms with E-state index in [0.717, 1.165) is 6.07 Å². The average Bonchev–Trinajstić information content (AvgIpc) is 3.12. The second-order valence-electron chi connectivity index (χ2n) is 4.58. The van der Waals surface area contributed by atoms with Gasteiger partial charge in [-0.2, -0.15) is 5.10 Å². The molecule has 0 saturated heterocycles. The zero-order valence-corrected chi connectivity index (χ0v) is 11.3. The van der Waals surface area contributed by atoms with Gasteiger partial charge >= 0.3 is 0 Å². The van der Waals surface area contributed by atoms with Crippen LogP contribution in [0.5, 0.6) is 0 Å². The Morgan fingerprint density at radius 1 is 1.32 bits per heavy atom. The third-order valence-electron chi connectivity index (χ3n) is 3.11. The molecule has 0 saturated carbocycles. The molecule has 6 nitrogen and oxygen atoms in total. The standard InChI is InChI=1S/C14H11F2N5O/c15-9-3-1-2-8(13(9)16)7-21-12(10-4-5-22-20-10)6-11(19-21)14(17)18/h1-6H,7H2,(H3,17,18). The van der Waals surface area contributed by atoms with Crippen molar-refractivity contribution in [2.75, 3.05) is 0 Å².